The summed E-state index contributed by atoms with van der Waals surface area (Å²) < 4.78 is 20.7. The van der Waals surface area contributed by atoms with Crippen LogP contribution in [0.4, 0.5) is 5.69 Å². The molecule has 124 valence electrons. The van der Waals surface area contributed by atoms with Crippen LogP contribution in [0.5, 0.6) is 17.2 Å². The highest BCUT2D eigenvalue weighted by Gasteiger charge is 2.16. The van der Waals surface area contributed by atoms with Gasteiger partial charge in [0.2, 0.25) is 6.79 Å². The molecular weight excluding hydrogens is 318 g/mol. The number of nitrogens with zero attached hydrogens (tertiary/aromatic N) is 1. The Hall–Kier alpha value is -3.29. The molecule has 0 saturated heterocycles. The Kier molecular flexibility index (Phi) is 4.46. The number of nitro groups is 1. The van der Waals surface area contributed by atoms with Crippen LogP contribution >= 0.6 is 0 Å². The van der Waals surface area contributed by atoms with Crippen molar-refractivity contribution in [2.75, 3.05) is 13.4 Å². The summed E-state index contributed by atoms with van der Waals surface area (Å²) in [6.45, 7) is -0.215. The predicted molar refractivity (Wildman–Crippen MR) is 81.0 cm³/mol. The van der Waals surface area contributed by atoms with E-state index in [1.54, 1.807) is 24.3 Å². The summed E-state index contributed by atoms with van der Waals surface area (Å²) in [6.07, 6.45) is 0. The molecule has 1 aliphatic rings. The fraction of sp³-hybridized carbons (Fsp3) is 0.188. The van der Waals surface area contributed by atoms with Crippen LogP contribution in [0.3, 0.4) is 0 Å². The number of esters is 1. The standard InChI is InChI=1S/C16H13NO7/c18-16(9-21-13-4-2-1-3-12(13)17(19)20)22-8-11-5-6-14-15(7-11)24-10-23-14/h1-7H,8-10H2. The summed E-state index contributed by atoms with van der Waals surface area (Å²) in [5, 5.41) is 10.9. The fourth-order valence-electron chi connectivity index (χ4n) is 2.10. The zero-order valence-electron chi connectivity index (χ0n) is 12.5. The first-order chi connectivity index (χ1) is 11.6. The van der Waals surface area contributed by atoms with Crippen LogP contribution in [0.2, 0.25) is 0 Å². The molecule has 0 fully saturated rings. The summed E-state index contributed by atoms with van der Waals surface area (Å²) in [4.78, 5) is 22.0. The second-order valence-electron chi connectivity index (χ2n) is 4.86. The number of ether oxygens (including phenoxy) is 4. The third-order valence-electron chi connectivity index (χ3n) is 3.24. The highest BCUT2D eigenvalue weighted by molar-refractivity contribution is 5.71. The molecule has 0 amide bonds. The molecule has 2 aromatic carbocycles. The van der Waals surface area contributed by atoms with Gasteiger partial charge in [-0.2, -0.15) is 0 Å². The van der Waals surface area contributed by atoms with E-state index in [2.05, 4.69) is 0 Å². The molecule has 0 aliphatic carbocycles. The van der Waals surface area contributed by atoms with E-state index < -0.39 is 17.5 Å². The molecule has 0 radical (unpaired) electrons. The number of hydrogen-bond donors (Lipinski definition) is 0. The topological polar surface area (TPSA) is 97.1 Å². The van der Waals surface area contributed by atoms with Gasteiger partial charge in [0, 0.05) is 6.07 Å². The van der Waals surface area contributed by atoms with Crippen molar-refractivity contribution in [1.82, 2.24) is 0 Å². The van der Waals surface area contributed by atoms with E-state index >= 15 is 0 Å². The lowest BCUT2D eigenvalue weighted by Gasteiger charge is -2.08. The van der Waals surface area contributed by atoms with Crippen molar-refractivity contribution < 1.29 is 28.7 Å². The number of nitro benzene ring substituents is 1. The summed E-state index contributed by atoms with van der Waals surface area (Å²) >= 11 is 0. The first-order valence-electron chi connectivity index (χ1n) is 7.04. The highest BCUT2D eigenvalue weighted by Crippen LogP contribution is 2.32. The normalized spacial score (nSPS) is 11.8. The van der Waals surface area contributed by atoms with Gasteiger partial charge in [0.1, 0.15) is 6.61 Å². The average Bonchev–Trinajstić information content (AvgIpc) is 3.06. The van der Waals surface area contributed by atoms with E-state index in [1.807, 2.05) is 0 Å². The number of rotatable bonds is 6. The van der Waals surface area contributed by atoms with E-state index in [4.69, 9.17) is 18.9 Å². The quantitative estimate of drug-likeness (QED) is 0.455. The van der Waals surface area contributed by atoms with Gasteiger partial charge in [-0.1, -0.05) is 18.2 Å². The first kappa shape index (κ1) is 15.6. The molecule has 8 heteroatoms. The number of hydrogen-bond acceptors (Lipinski definition) is 7. The first-order valence-corrected chi connectivity index (χ1v) is 7.04. The average molecular weight is 331 g/mol. The highest BCUT2D eigenvalue weighted by atomic mass is 16.7. The van der Waals surface area contributed by atoms with Gasteiger partial charge < -0.3 is 18.9 Å². The van der Waals surface area contributed by atoms with E-state index in [0.29, 0.717) is 11.5 Å². The largest absolute Gasteiger partial charge is 0.475 e. The molecule has 0 N–H and O–H groups in total. The lowest BCUT2D eigenvalue weighted by molar-refractivity contribution is -0.385. The van der Waals surface area contributed by atoms with Crippen LogP contribution in [0.1, 0.15) is 5.56 Å². The Morgan fingerprint density at radius 2 is 1.96 bits per heavy atom. The van der Waals surface area contributed by atoms with Gasteiger partial charge in [0.05, 0.1) is 4.92 Å². The lowest BCUT2D eigenvalue weighted by atomic mass is 10.2. The zero-order chi connectivity index (χ0) is 16.9. The van der Waals surface area contributed by atoms with E-state index in [9.17, 15) is 14.9 Å². The van der Waals surface area contributed by atoms with Crippen molar-refractivity contribution in [2.45, 2.75) is 6.61 Å². The van der Waals surface area contributed by atoms with Gasteiger partial charge in [-0.15, -0.1) is 0 Å². The number of carbonyl (C=O) groups excluding carboxylic acids is 1. The lowest BCUT2D eigenvalue weighted by Crippen LogP contribution is -2.15. The second-order valence-corrected chi connectivity index (χ2v) is 4.86. The maximum atomic E-state index is 11.7. The van der Waals surface area contributed by atoms with Crippen LogP contribution < -0.4 is 14.2 Å². The SMILES string of the molecule is O=C(COc1ccccc1[N+](=O)[O-])OCc1ccc2c(c1)OCO2. The van der Waals surface area contributed by atoms with Crippen molar-refractivity contribution in [3.63, 3.8) is 0 Å². The zero-order valence-corrected chi connectivity index (χ0v) is 12.5. The van der Waals surface area contributed by atoms with Crippen molar-refractivity contribution in [3.05, 3.63) is 58.1 Å². The third kappa shape index (κ3) is 3.54. The van der Waals surface area contributed by atoms with Gasteiger partial charge in [-0.3, -0.25) is 10.1 Å². The minimum Gasteiger partial charge on any atom is -0.475 e. The molecule has 0 atom stereocenters. The second kappa shape index (κ2) is 6.86. The Labute approximate surface area is 136 Å². The summed E-state index contributed by atoms with van der Waals surface area (Å²) in [5.74, 6) is 0.623. The van der Waals surface area contributed by atoms with Gasteiger partial charge in [-0.05, 0) is 23.8 Å². The fourth-order valence-corrected chi connectivity index (χ4v) is 2.10. The number of para-hydroxylation sites is 2. The van der Waals surface area contributed by atoms with Crippen LogP contribution in [0, 0.1) is 10.1 Å². The van der Waals surface area contributed by atoms with Gasteiger partial charge in [0.15, 0.2) is 23.9 Å². The van der Waals surface area contributed by atoms with Crippen LogP contribution in [-0.4, -0.2) is 24.3 Å². The molecule has 3 rings (SSSR count). The third-order valence-corrected chi connectivity index (χ3v) is 3.24. The molecule has 0 aromatic heterocycles. The van der Waals surface area contributed by atoms with Crippen molar-refractivity contribution in [3.8, 4) is 17.2 Å². The molecule has 2 aromatic rings. The Balaban J connectivity index is 1.52. The summed E-state index contributed by atoms with van der Waals surface area (Å²) in [7, 11) is 0. The molecule has 0 bridgehead atoms. The summed E-state index contributed by atoms with van der Waals surface area (Å²) in [5.41, 5.74) is 0.527. The molecule has 0 spiro atoms. The summed E-state index contributed by atoms with van der Waals surface area (Å²) in [6, 6.07) is 11.0. The molecule has 8 nitrogen and oxygen atoms in total. The van der Waals surface area contributed by atoms with Gasteiger partial charge in [-0.25, -0.2) is 4.79 Å². The van der Waals surface area contributed by atoms with Crippen LogP contribution in [-0.2, 0) is 16.1 Å². The smallest absolute Gasteiger partial charge is 0.344 e. The molecule has 24 heavy (non-hydrogen) atoms. The van der Waals surface area contributed by atoms with Gasteiger partial charge in [0.25, 0.3) is 0 Å². The molecular formula is C16H13NO7. The minimum atomic E-state index is -0.634. The van der Waals surface area contributed by atoms with Crippen molar-refractivity contribution in [1.29, 1.82) is 0 Å². The molecule has 0 saturated carbocycles. The molecule has 0 unspecified atom stereocenters. The minimum absolute atomic E-state index is 0.0162. The monoisotopic (exact) mass is 331 g/mol. The number of carbonyl (C=O) groups is 1. The van der Waals surface area contributed by atoms with E-state index in [0.717, 1.165) is 5.56 Å². The van der Waals surface area contributed by atoms with Crippen LogP contribution in [0.25, 0.3) is 0 Å². The Morgan fingerprint density at radius 3 is 2.79 bits per heavy atom. The Bertz CT molecular complexity index is 775. The van der Waals surface area contributed by atoms with Crippen LogP contribution in [0.15, 0.2) is 42.5 Å². The van der Waals surface area contributed by atoms with E-state index in [1.165, 1.54) is 18.2 Å². The molecule has 1 heterocycles. The predicted octanol–water partition coefficient (Wildman–Crippen LogP) is 2.45. The number of benzene rings is 2. The van der Waals surface area contributed by atoms with Crippen molar-refractivity contribution in [2.24, 2.45) is 0 Å². The van der Waals surface area contributed by atoms with Gasteiger partial charge >= 0.3 is 11.7 Å². The van der Waals surface area contributed by atoms with E-state index in [-0.39, 0.29) is 24.8 Å². The van der Waals surface area contributed by atoms with Crippen molar-refractivity contribution >= 4 is 11.7 Å². The maximum absolute atomic E-state index is 11.7. The number of fused-ring (bicyclic) bond motifs is 1. The molecule has 1 aliphatic heterocycles. The maximum Gasteiger partial charge on any atom is 0.344 e. The Morgan fingerprint density at radius 1 is 1.17 bits per heavy atom.